The van der Waals surface area contributed by atoms with Crippen LogP contribution in [0.3, 0.4) is 0 Å². The fraction of sp³-hybridized carbons (Fsp3) is 0.455. The standard InChI is InChI=1S/C33H42O6/c1-4-7-10-13-37-31-19-25-22(16-28(31)34)23-17-29(35)32(38-14-11-8-5-2)20-26(23)27-21-33(30(36)18-24(25)27)39-15-12-9-6-3/h16-21,34-36H,4-15H2,1-3H3. The van der Waals surface area contributed by atoms with Gasteiger partial charge in [0.1, 0.15) is 0 Å². The number of hydrogen-bond acceptors (Lipinski definition) is 6. The Morgan fingerprint density at radius 1 is 0.410 bits per heavy atom. The molecule has 3 N–H and O–H groups in total. The van der Waals surface area contributed by atoms with Crippen LogP contribution in [0.15, 0.2) is 36.4 Å². The van der Waals surface area contributed by atoms with E-state index in [9.17, 15) is 15.3 Å². The Bertz CT molecular complexity index is 1410. The summed E-state index contributed by atoms with van der Waals surface area (Å²) in [6.07, 6.45) is 9.15. The highest BCUT2D eigenvalue weighted by Gasteiger charge is 2.18. The van der Waals surface area contributed by atoms with E-state index < -0.39 is 0 Å². The number of rotatable bonds is 15. The molecular weight excluding hydrogens is 492 g/mol. The first-order chi connectivity index (χ1) is 19.0. The van der Waals surface area contributed by atoms with Gasteiger partial charge in [0.05, 0.1) is 19.8 Å². The van der Waals surface area contributed by atoms with Crippen LogP contribution in [0.2, 0.25) is 0 Å². The fourth-order valence-corrected chi connectivity index (χ4v) is 4.99. The summed E-state index contributed by atoms with van der Waals surface area (Å²) in [6, 6.07) is 10.6. The molecule has 4 rings (SSSR count). The molecule has 0 aliphatic heterocycles. The second kappa shape index (κ2) is 13.5. The first kappa shape index (κ1) is 28.5. The lowest BCUT2D eigenvalue weighted by Gasteiger charge is -2.17. The number of benzene rings is 4. The minimum atomic E-state index is 0.0409. The second-order valence-electron chi connectivity index (χ2n) is 10.3. The minimum Gasteiger partial charge on any atom is -0.504 e. The van der Waals surface area contributed by atoms with Crippen LogP contribution in [-0.2, 0) is 0 Å². The minimum absolute atomic E-state index is 0.0409. The molecule has 0 saturated carbocycles. The van der Waals surface area contributed by atoms with Gasteiger partial charge in [0.2, 0.25) is 0 Å². The summed E-state index contributed by atoms with van der Waals surface area (Å²) in [6.45, 7) is 7.97. The third-order valence-corrected chi connectivity index (χ3v) is 7.18. The molecule has 0 heterocycles. The summed E-state index contributed by atoms with van der Waals surface area (Å²) in [5.74, 6) is 1.39. The summed E-state index contributed by atoms with van der Waals surface area (Å²) in [5, 5.41) is 37.5. The van der Waals surface area contributed by atoms with E-state index in [0.29, 0.717) is 37.1 Å². The zero-order valence-corrected chi connectivity index (χ0v) is 23.5. The Balaban J connectivity index is 1.88. The Kier molecular flexibility index (Phi) is 9.85. The number of ether oxygens (including phenoxy) is 3. The van der Waals surface area contributed by atoms with Crippen LogP contribution >= 0.6 is 0 Å². The van der Waals surface area contributed by atoms with Gasteiger partial charge < -0.3 is 29.5 Å². The molecule has 0 aromatic heterocycles. The van der Waals surface area contributed by atoms with Crippen molar-refractivity contribution in [3.05, 3.63) is 36.4 Å². The van der Waals surface area contributed by atoms with Crippen LogP contribution in [0.25, 0.3) is 32.3 Å². The molecule has 0 bridgehead atoms. The average Bonchev–Trinajstić information content (AvgIpc) is 2.93. The van der Waals surface area contributed by atoms with Gasteiger partial charge in [0.25, 0.3) is 0 Å². The predicted molar refractivity (Wildman–Crippen MR) is 159 cm³/mol. The third kappa shape index (κ3) is 6.55. The Hall–Kier alpha value is -3.54. The molecule has 4 aromatic rings. The Morgan fingerprint density at radius 3 is 0.923 bits per heavy atom. The number of fused-ring (bicyclic) bond motifs is 6. The van der Waals surface area contributed by atoms with Crippen LogP contribution < -0.4 is 14.2 Å². The van der Waals surface area contributed by atoms with Gasteiger partial charge in [-0.3, -0.25) is 0 Å². The first-order valence-electron chi connectivity index (χ1n) is 14.5. The zero-order chi connectivity index (χ0) is 27.8. The maximum atomic E-state index is 10.9. The molecule has 0 fully saturated rings. The molecule has 0 aliphatic carbocycles. The van der Waals surface area contributed by atoms with Crippen molar-refractivity contribution >= 4 is 32.3 Å². The van der Waals surface area contributed by atoms with Crippen LogP contribution in [0, 0.1) is 0 Å². The van der Waals surface area contributed by atoms with E-state index >= 15 is 0 Å². The van der Waals surface area contributed by atoms with E-state index in [0.717, 1.165) is 90.1 Å². The van der Waals surface area contributed by atoms with Crippen molar-refractivity contribution in [2.24, 2.45) is 0 Å². The Labute approximate surface area is 231 Å². The molecule has 0 atom stereocenters. The predicted octanol–water partition coefficient (Wildman–Crippen LogP) is 8.97. The van der Waals surface area contributed by atoms with Crippen molar-refractivity contribution in [1.82, 2.24) is 0 Å². The van der Waals surface area contributed by atoms with Gasteiger partial charge in [-0.1, -0.05) is 59.3 Å². The molecule has 0 aliphatic rings. The van der Waals surface area contributed by atoms with Gasteiger partial charge in [0, 0.05) is 0 Å². The third-order valence-electron chi connectivity index (χ3n) is 7.18. The topological polar surface area (TPSA) is 88.4 Å². The molecule has 4 aromatic carbocycles. The average molecular weight is 535 g/mol. The maximum absolute atomic E-state index is 10.9. The van der Waals surface area contributed by atoms with E-state index in [1.807, 2.05) is 18.2 Å². The van der Waals surface area contributed by atoms with Gasteiger partial charge >= 0.3 is 0 Å². The zero-order valence-electron chi connectivity index (χ0n) is 23.5. The molecule has 6 heteroatoms. The van der Waals surface area contributed by atoms with E-state index in [1.165, 1.54) is 0 Å². The lowest BCUT2D eigenvalue weighted by Crippen LogP contribution is -1.99. The summed E-state index contributed by atoms with van der Waals surface area (Å²) in [7, 11) is 0. The summed E-state index contributed by atoms with van der Waals surface area (Å²) in [4.78, 5) is 0. The number of unbranched alkanes of at least 4 members (excludes halogenated alkanes) is 6. The maximum Gasteiger partial charge on any atom is 0.161 e. The highest BCUT2D eigenvalue weighted by Crippen LogP contribution is 2.46. The van der Waals surface area contributed by atoms with E-state index in [-0.39, 0.29) is 17.2 Å². The summed E-state index contributed by atoms with van der Waals surface area (Å²) < 4.78 is 17.9. The van der Waals surface area contributed by atoms with Gasteiger partial charge in [-0.15, -0.1) is 0 Å². The van der Waals surface area contributed by atoms with E-state index in [1.54, 1.807) is 18.2 Å². The molecule has 210 valence electrons. The molecule has 0 amide bonds. The van der Waals surface area contributed by atoms with Gasteiger partial charge in [0.15, 0.2) is 34.5 Å². The quantitative estimate of drug-likeness (QED) is 0.104. The van der Waals surface area contributed by atoms with Crippen LogP contribution in [0.1, 0.15) is 78.6 Å². The highest BCUT2D eigenvalue weighted by atomic mass is 16.5. The lowest BCUT2D eigenvalue weighted by molar-refractivity contribution is 0.290. The van der Waals surface area contributed by atoms with Gasteiger partial charge in [-0.25, -0.2) is 0 Å². The number of phenolic OH excluding ortho intramolecular Hbond substituents is 3. The summed E-state index contributed by atoms with van der Waals surface area (Å²) in [5.41, 5.74) is 0. The normalized spacial score (nSPS) is 11.5. The van der Waals surface area contributed by atoms with E-state index in [2.05, 4.69) is 20.8 Å². The molecule has 6 nitrogen and oxygen atoms in total. The van der Waals surface area contributed by atoms with Crippen molar-refractivity contribution < 1.29 is 29.5 Å². The SMILES string of the molecule is CCCCCOc1cc2c(cc1O)c1cc(O)c(OCCCCC)cc1c1cc(OCCCCC)c(O)cc21. The van der Waals surface area contributed by atoms with Crippen molar-refractivity contribution in [2.45, 2.75) is 78.6 Å². The van der Waals surface area contributed by atoms with Crippen LogP contribution in [0.4, 0.5) is 0 Å². The monoisotopic (exact) mass is 534 g/mol. The number of phenols is 3. The van der Waals surface area contributed by atoms with Crippen molar-refractivity contribution in [3.8, 4) is 34.5 Å². The van der Waals surface area contributed by atoms with E-state index in [4.69, 9.17) is 14.2 Å². The van der Waals surface area contributed by atoms with Crippen molar-refractivity contribution in [1.29, 1.82) is 0 Å². The molecular formula is C33H42O6. The largest absolute Gasteiger partial charge is 0.504 e. The van der Waals surface area contributed by atoms with Gasteiger partial charge in [-0.05, 0) is 88.0 Å². The number of aromatic hydroxyl groups is 3. The van der Waals surface area contributed by atoms with Crippen molar-refractivity contribution in [2.75, 3.05) is 19.8 Å². The molecule has 0 spiro atoms. The van der Waals surface area contributed by atoms with Crippen LogP contribution in [-0.4, -0.2) is 35.1 Å². The van der Waals surface area contributed by atoms with Crippen LogP contribution in [0.5, 0.6) is 34.5 Å². The lowest BCUT2D eigenvalue weighted by atomic mass is 9.93. The highest BCUT2D eigenvalue weighted by molar-refractivity contribution is 6.26. The smallest absolute Gasteiger partial charge is 0.161 e. The second-order valence-corrected chi connectivity index (χ2v) is 10.3. The summed E-state index contributed by atoms with van der Waals surface area (Å²) >= 11 is 0. The van der Waals surface area contributed by atoms with Crippen molar-refractivity contribution in [3.63, 3.8) is 0 Å². The first-order valence-corrected chi connectivity index (χ1v) is 14.5. The molecule has 0 unspecified atom stereocenters. The molecule has 0 saturated heterocycles. The fourth-order valence-electron chi connectivity index (χ4n) is 4.99. The molecule has 39 heavy (non-hydrogen) atoms. The Morgan fingerprint density at radius 2 is 0.667 bits per heavy atom. The molecule has 0 radical (unpaired) electrons. The van der Waals surface area contributed by atoms with Gasteiger partial charge in [-0.2, -0.15) is 0 Å². The number of hydrogen-bond donors (Lipinski definition) is 3.